The van der Waals surface area contributed by atoms with Crippen LogP contribution in [0.4, 0.5) is 13.2 Å². The van der Waals surface area contributed by atoms with E-state index in [4.69, 9.17) is 0 Å². The Morgan fingerprint density at radius 1 is 1.07 bits per heavy atom. The van der Waals surface area contributed by atoms with E-state index >= 15 is 0 Å². The largest absolute Gasteiger partial charge is 0.409 e. The number of alkyl halides is 3. The monoisotopic (exact) mass is 420 g/mol. The first-order valence-electron chi connectivity index (χ1n) is 10.8. The number of carbonyl (C=O) groups excluding carboxylic acids is 1. The number of unbranched alkanes of at least 4 members (excludes halogenated alkanes) is 4. The van der Waals surface area contributed by atoms with Crippen molar-refractivity contribution >= 4 is 16.7 Å². The number of benzene rings is 2. The average Bonchev–Trinajstić information content (AvgIpc) is 2.92. The normalized spacial score (nSPS) is 18.0. The van der Waals surface area contributed by atoms with Gasteiger partial charge in [-0.3, -0.25) is 10.2 Å². The SMILES string of the molecule is CCCCCCCc1cccc2cccc(C(N3NC(=O)CC3(C)C)C(F)(F)F)c12. The van der Waals surface area contributed by atoms with E-state index in [-0.39, 0.29) is 17.9 Å². The van der Waals surface area contributed by atoms with Gasteiger partial charge in [0.25, 0.3) is 0 Å². The van der Waals surface area contributed by atoms with Crippen LogP contribution in [-0.2, 0) is 11.2 Å². The van der Waals surface area contributed by atoms with Crippen molar-refractivity contribution in [1.82, 2.24) is 10.4 Å². The lowest BCUT2D eigenvalue weighted by atomic mass is 9.90. The van der Waals surface area contributed by atoms with Crippen LogP contribution in [0.3, 0.4) is 0 Å². The summed E-state index contributed by atoms with van der Waals surface area (Å²) in [6, 6.07) is 8.91. The molecule has 1 aliphatic heterocycles. The third-order valence-corrected chi connectivity index (χ3v) is 5.93. The summed E-state index contributed by atoms with van der Waals surface area (Å²) in [7, 11) is 0. The number of amides is 1. The first kappa shape index (κ1) is 22.6. The number of carbonyl (C=O) groups is 1. The second-order valence-electron chi connectivity index (χ2n) is 8.87. The smallest absolute Gasteiger partial charge is 0.287 e. The minimum absolute atomic E-state index is 0.0363. The molecule has 1 saturated heterocycles. The predicted molar refractivity (Wildman–Crippen MR) is 114 cm³/mol. The molecule has 6 heteroatoms. The second-order valence-corrected chi connectivity index (χ2v) is 8.87. The number of hydrogen-bond acceptors (Lipinski definition) is 2. The third kappa shape index (κ3) is 4.80. The Kier molecular flexibility index (Phi) is 6.75. The molecular formula is C24H31F3N2O. The molecule has 0 aliphatic carbocycles. The molecule has 30 heavy (non-hydrogen) atoms. The van der Waals surface area contributed by atoms with Gasteiger partial charge in [-0.2, -0.15) is 18.2 Å². The summed E-state index contributed by atoms with van der Waals surface area (Å²) >= 11 is 0. The number of nitrogens with zero attached hydrogens (tertiary/aromatic N) is 1. The molecule has 3 nitrogen and oxygen atoms in total. The Hall–Kier alpha value is -2.08. The summed E-state index contributed by atoms with van der Waals surface area (Å²) in [5.74, 6) is -0.384. The van der Waals surface area contributed by atoms with Gasteiger partial charge in [0.15, 0.2) is 6.04 Å². The topological polar surface area (TPSA) is 32.3 Å². The molecule has 164 valence electrons. The number of rotatable bonds is 8. The highest BCUT2D eigenvalue weighted by molar-refractivity contribution is 5.89. The lowest BCUT2D eigenvalue weighted by Gasteiger charge is -2.38. The third-order valence-electron chi connectivity index (χ3n) is 5.93. The number of hydrazine groups is 1. The highest BCUT2D eigenvalue weighted by Gasteiger charge is 2.53. The van der Waals surface area contributed by atoms with Crippen molar-refractivity contribution in [2.45, 2.75) is 83.5 Å². The molecule has 0 bridgehead atoms. The number of halogens is 3. The first-order chi connectivity index (χ1) is 14.1. The van der Waals surface area contributed by atoms with Crippen LogP contribution in [0.5, 0.6) is 0 Å². The van der Waals surface area contributed by atoms with E-state index in [0.29, 0.717) is 5.39 Å². The Morgan fingerprint density at radius 3 is 2.33 bits per heavy atom. The van der Waals surface area contributed by atoms with Crippen molar-refractivity contribution in [2.75, 3.05) is 0 Å². The van der Waals surface area contributed by atoms with E-state index in [1.165, 1.54) is 6.42 Å². The molecule has 1 amide bonds. The molecule has 3 rings (SSSR count). The van der Waals surface area contributed by atoms with E-state index < -0.39 is 17.8 Å². The maximum atomic E-state index is 14.4. The molecule has 2 aromatic carbocycles. The van der Waals surface area contributed by atoms with Gasteiger partial charge in [-0.05, 0) is 48.6 Å². The van der Waals surface area contributed by atoms with Crippen LogP contribution in [0.2, 0.25) is 0 Å². The lowest BCUT2D eigenvalue weighted by Crippen LogP contribution is -2.51. The predicted octanol–water partition coefficient (Wildman–Crippen LogP) is 6.47. The molecule has 1 fully saturated rings. The Bertz CT molecular complexity index is 886. The molecular weight excluding hydrogens is 389 g/mol. The molecule has 1 N–H and O–H groups in total. The van der Waals surface area contributed by atoms with Crippen LogP contribution in [0, 0.1) is 0 Å². The van der Waals surface area contributed by atoms with Gasteiger partial charge in [-0.15, -0.1) is 0 Å². The lowest BCUT2D eigenvalue weighted by molar-refractivity contribution is -0.203. The van der Waals surface area contributed by atoms with E-state index in [9.17, 15) is 18.0 Å². The van der Waals surface area contributed by atoms with E-state index in [2.05, 4.69) is 12.3 Å². The molecule has 0 aromatic heterocycles. The zero-order valence-electron chi connectivity index (χ0n) is 18.0. The van der Waals surface area contributed by atoms with Gasteiger partial charge in [-0.1, -0.05) is 69.0 Å². The van der Waals surface area contributed by atoms with Gasteiger partial charge in [0.1, 0.15) is 0 Å². The minimum Gasteiger partial charge on any atom is -0.287 e. The maximum Gasteiger partial charge on any atom is 0.409 e. The summed E-state index contributed by atoms with van der Waals surface area (Å²) in [5, 5.41) is 2.56. The number of hydrogen-bond donors (Lipinski definition) is 1. The molecule has 1 aliphatic rings. The molecule has 1 atom stereocenters. The van der Waals surface area contributed by atoms with E-state index in [0.717, 1.165) is 48.1 Å². The van der Waals surface area contributed by atoms with Crippen molar-refractivity contribution in [3.63, 3.8) is 0 Å². The second kappa shape index (κ2) is 8.96. The Labute approximate surface area is 176 Å². The molecule has 2 aromatic rings. The fourth-order valence-electron chi connectivity index (χ4n) is 4.48. The van der Waals surface area contributed by atoms with Crippen molar-refractivity contribution < 1.29 is 18.0 Å². The highest BCUT2D eigenvalue weighted by atomic mass is 19.4. The van der Waals surface area contributed by atoms with E-state index in [1.807, 2.05) is 24.3 Å². The molecule has 1 unspecified atom stereocenters. The van der Waals surface area contributed by atoms with Crippen LogP contribution in [-0.4, -0.2) is 22.6 Å². The van der Waals surface area contributed by atoms with Crippen LogP contribution < -0.4 is 5.43 Å². The quantitative estimate of drug-likeness (QED) is 0.496. The van der Waals surface area contributed by atoms with Gasteiger partial charge in [-0.25, -0.2) is 0 Å². The average molecular weight is 421 g/mol. The standard InChI is InChI=1S/C24H31F3N2O/c1-4-5-6-7-8-11-17-12-9-13-18-14-10-15-19(21(17)18)22(24(25,26)27)29-23(2,3)16-20(30)28-29/h9-10,12-15,22H,4-8,11,16H2,1-3H3,(H,28,30). The fraction of sp³-hybridized carbons (Fsp3) is 0.542. The number of nitrogens with one attached hydrogen (secondary N) is 1. The molecule has 0 spiro atoms. The van der Waals surface area contributed by atoms with Crippen LogP contribution in [0.15, 0.2) is 36.4 Å². The maximum absolute atomic E-state index is 14.4. The summed E-state index contributed by atoms with van der Waals surface area (Å²) in [6.45, 7) is 5.50. The van der Waals surface area contributed by atoms with Gasteiger partial charge in [0, 0.05) is 12.0 Å². The molecule has 0 radical (unpaired) electrons. The minimum atomic E-state index is -4.53. The van der Waals surface area contributed by atoms with Crippen molar-refractivity contribution in [3.05, 3.63) is 47.5 Å². The summed E-state index contributed by atoms with van der Waals surface area (Å²) in [6.07, 6.45) is 1.77. The Morgan fingerprint density at radius 2 is 1.73 bits per heavy atom. The number of fused-ring (bicyclic) bond motifs is 1. The summed E-state index contributed by atoms with van der Waals surface area (Å²) < 4.78 is 43.2. The zero-order chi connectivity index (χ0) is 21.9. The van der Waals surface area contributed by atoms with Gasteiger partial charge >= 0.3 is 6.18 Å². The number of aryl methyl sites for hydroxylation is 1. The first-order valence-corrected chi connectivity index (χ1v) is 10.8. The van der Waals surface area contributed by atoms with Crippen molar-refractivity contribution in [2.24, 2.45) is 0 Å². The van der Waals surface area contributed by atoms with Gasteiger partial charge in [0.05, 0.1) is 0 Å². The zero-order valence-corrected chi connectivity index (χ0v) is 18.0. The van der Waals surface area contributed by atoms with Crippen molar-refractivity contribution in [3.8, 4) is 0 Å². The van der Waals surface area contributed by atoms with Crippen LogP contribution in [0.25, 0.3) is 10.8 Å². The van der Waals surface area contributed by atoms with Gasteiger partial charge < -0.3 is 0 Å². The van der Waals surface area contributed by atoms with Crippen LogP contribution in [0.1, 0.15) is 76.5 Å². The van der Waals surface area contributed by atoms with E-state index in [1.54, 1.807) is 26.0 Å². The Balaban J connectivity index is 2.05. The summed E-state index contributed by atoms with van der Waals surface area (Å²) in [5.41, 5.74) is 2.69. The highest BCUT2D eigenvalue weighted by Crippen LogP contribution is 2.45. The van der Waals surface area contributed by atoms with Crippen LogP contribution >= 0.6 is 0 Å². The fourth-order valence-corrected chi connectivity index (χ4v) is 4.48. The molecule has 0 saturated carbocycles. The van der Waals surface area contributed by atoms with Crippen molar-refractivity contribution in [1.29, 1.82) is 0 Å². The van der Waals surface area contributed by atoms with Gasteiger partial charge in [0.2, 0.25) is 5.91 Å². The summed E-state index contributed by atoms with van der Waals surface area (Å²) in [4.78, 5) is 12.0. The molecule has 1 heterocycles.